The first-order valence-electron chi connectivity index (χ1n) is 6.32. The summed E-state index contributed by atoms with van der Waals surface area (Å²) < 4.78 is 0. The third kappa shape index (κ3) is 2.66. The van der Waals surface area contributed by atoms with Crippen molar-refractivity contribution in [3.8, 4) is 0 Å². The highest BCUT2D eigenvalue weighted by atomic mass is 15.2. The zero-order valence-corrected chi connectivity index (χ0v) is 10.2. The van der Waals surface area contributed by atoms with E-state index >= 15 is 0 Å². The molecule has 0 aromatic rings. The van der Waals surface area contributed by atoms with Crippen LogP contribution in [0.25, 0.3) is 0 Å². The van der Waals surface area contributed by atoms with Crippen molar-refractivity contribution in [3.05, 3.63) is 23.9 Å². The summed E-state index contributed by atoms with van der Waals surface area (Å²) in [4.78, 5) is 4.92. The Balaban J connectivity index is 1.93. The van der Waals surface area contributed by atoms with E-state index in [1.807, 2.05) is 0 Å². The number of likely N-dealkylation sites (tertiary alicyclic amines) is 1. The third-order valence-electron chi connectivity index (χ3n) is 3.72. The van der Waals surface area contributed by atoms with Gasteiger partial charge in [0.05, 0.1) is 0 Å². The lowest BCUT2D eigenvalue weighted by Crippen LogP contribution is -2.45. The molecule has 0 bridgehead atoms. The van der Waals surface area contributed by atoms with E-state index in [1.54, 1.807) is 0 Å². The molecule has 0 spiro atoms. The fraction of sp³-hybridized carbons (Fsp3) is 0.692. The first kappa shape index (κ1) is 11.7. The molecule has 0 aliphatic carbocycles. The van der Waals surface area contributed by atoms with Gasteiger partial charge in [-0.15, -0.1) is 0 Å². The lowest BCUT2D eigenvalue weighted by molar-refractivity contribution is 0.148. The Morgan fingerprint density at radius 2 is 2.31 bits per heavy atom. The molecule has 2 aliphatic rings. The van der Waals surface area contributed by atoms with Crippen molar-refractivity contribution in [1.29, 1.82) is 0 Å². The molecule has 0 amide bonds. The standard InChI is InChI=1S/C13H23N3/c1-15-8-4-2-7-13(15)11-16-9-5-3-6-12(16)10-14/h3,5-6,13H,2,4,7-11,14H2,1H3. The Hall–Kier alpha value is -0.800. The summed E-state index contributed by atoms with van der Waals surface area (Å²) in [6, 6.07) is 0.704. The first-order valence-corrected chi connectivity index (χ1v) is 6.32. The van der Waals surface area contributed by atoms with Gasteiger partial charge in [0.15, 0.2) is 0 Å². The van der Waals surface area contributed by atoms with Crippen LogP contribution < -0.4 is 5.73 Å². The molecule has 0 saturated carbocycles. The third-order valence-corrected chi connectivity index (χ3v) is 3.72. The van der Waals surface area contributed by atoms with Crippen LogP contribution in [0.2, 0.25) is 0 Å². The van der Waals surface area contributed by atoms with Gasteiger partial charge >= 0.3 is 0 Å². The van der Waals surface area contributed by atoms with Gasteiger partial charge in [0.1, 0.15) is 0 Å². The maximum Gasteiger partial charge on any atom is 0.0360 e. The van der Waals surface area contributed by atoms with Crippen molar-refractivity contribution in [3.63, 3.8) is 0 Å². The Morgan fingerprint density at radius 3 is 3.06 bits per heavy atom. The smallest absolute Gasteiger partial charge is 0.0360 e. The van der Waals surface area contributed by atoms with Crippen LogP contribution in [-0.2, 0) is 0 Å². The molecule has 2 aliphatic heterocycles. The second-order valence-corrected chi connectivity index (χ2v) is 4.83. The zero-order chi connectivity index (χ0) is 11.4. The quantitative estimate of drug-likeness (QED) is 0.777. The second kappa shape index (κ2) is 5.51. The van der Waals surface area contributed by atoms with Crippen LogP contribution in [-0.4, -0.2) is 49.1 Å². The molecule has 1 fully saturated rings. The normalized spacial score (nSPS) is 27.0. The minimum Gasteiger partial charge on any atom is -0.368 e. The van der Waals surface area contributed by atoms with E-state index in [0.717, 1.165) is 13.1 Å². The van der Waals surface area contributed by atoms with E-state index in [2.05, 4.69) is 35.1 Å². The topological polar surface area (TPSA) is 32.5 Å². The van der Waals surface area contributed by atoms with Crippen molar-refractivity contribution in [1.82, 2.24) is 9.80 Å². The molecule has 3 heteroatoms. The Labute approximate surface area is 98.6 Å². The number of piperidine rings is 1. The predicted octanol–water partition coefficient (Wildman–Crippen LogP) is 1.19. The van der Waals surface area contributed by atoms with Crippen LogP contribution >= 0.6 is 0 Å². The fourth-order valence-electron chi connectivity index (χ4n) is 2.61. The van der Waals surface area contributed by atoms with Crippen LogP contribution in [0.4, 0.5) is 0 Å². The second-order valence-electron chi connectivity index (χ2n) is 4.83. The monoisotopic (exact) mass is 221 g/mol. The maximum atomic E-state index is 5.78. The molecular weight excluding hydrogens is 198 g/mol. The number of likely N-dealkylation sites (N-methyl/N-ethyl adjacent to an activating group) is 1. The van der Waals surface area contributed by atoms with E-state index in [0.29, 0.717) is 12.6 Å². The Bertz CT molecular complexity index is 283. The molecule has 0 radical (unpaired) electrons. The Kier molecular flexibility index (Phi) is 4.02. The summed E-state index contributed by atoms with van der Waals surface area (Å²) in [6.45, 7) is 4.05. The minimum atomic E-state index is 0.654. The molecule has 0 aromatic heterocycles. The highest BCUT2D eigenvalue weighted by Crippen LogP contribution is 2.18. The molecule has 2 heterocycles. The van der Waals surface area contributed by atoms with Gasteiger partial charge in [-0.1, -0.05) is 18.6 Å². The van der Waals surface area contributed by atoms with Gasteiger partial charge in [0.2, 0.25) is 0 Å². The Morgan fingerprint density at radius 1 is 1.44 bits per heavy atom. The van der Waals surface area contributed by atoms with Crippen molar-refractivity contribution in [2.45, 2.75) is 25.3 Å². The maximum absolute atomic E-state index is 5.78. The van der Waals surface area contributed by atoms with E-state index in [-0.39, 0.29) is 0 Å². The minimum absolute atomic E-state index is 0.654. The molecule has 0 aromatic carbocycles. The number of nitrogens with two attached hydrogens (primary N) is 1. The summed E-state index contributed by atoms with van der Waals surface area (Å²) in [5, 5.41) is 0. The molecule has 16 heavy (non-hydrogen) atoms. The van der Waals surface area contributed by atoms with Crippen LogP contribution in [0.1, 0.15) is 19.3 Å². The van der Waals surface area contributed by atoms with E-state index in [9.17, 15) is 0 Å². The number of rotatable bonds is 3. The van der Waals surface area contributed by atoms with Gasteiger partial charge in [-0.3, -0.25) is 0 Å². The molecule has 2 rings (SSSR count). The van der Waals surface area contributed by atoms with Crippen LogP contribution in [0, 0.1) is 0 Å². The number of hydrogen-bond acceptors (Lipinski definition) is 3. The summed E-state index contributed by atoms with van der Waals surface area (Å²) in [6.07, 6.45) is 10.5. The number of hydrogen-bond donors (Lipinski definition) is 1. The van der Waals surface area contributed by atoms with E-state index < -0.39 is 0 Å². The molecular formula is C13H23N3. The van der Waals surface area contributed by atoms with Gasteiger partial charge in [0.25, 0.3) is 0 Å². The number of allylic oxidation sites excluding steroid dienone is 2. The van der Waals surface area contributed by atoms with E-state index in [4.69, 9.17) is 5.73 Å². The summed E-state index contributed by atoms with van der Waals surface area (Å²) in [5.41, 5.74) is 7.06. The van der Waals surface area contributed by atoms with Crippen molar-refractivity contribution < 1.29 is 0 Å². The largest absolute Gasteiger partial charge is 0.368 e. The fourth-order valence-corrected chi connectivity index (χ4v) is 2.61. The summed E-state index contributed by atoms with van der Waals surface area (Å²) in [7, 11) is 2.25. The van der Waals surface area contributed by atoms with Gasteiger partial charge in [-0.2, -0.15) is 0 Å². The van der Waals surface area contributed by atoms with E-state index in [1.165, 1.54) is 31.5 Å². The van der Waals surface area contributed by atoms with Gasteiger partial charge in [-0.05, 0) is 32.5 Å². The lowest BCUT2D eigenvalue weighted by atomic mass is 10.0. The van der Waals surface area contributed by atoms with Crippen molar-refractivity contribution in [2.75, 3.05) is 33.2 Å². The molecule has 2 N–H and O–H groups in total. The molecule has 1 unspecified atom stereocenters. The van der Waals surface area contributed by atoms with Crippen LogP contribution in [0.15, 0.2) is 23.9 Å². The summed E-state index contributed by atoms with van der Waals surface area (Å²) in [5.74, 6) is 0. The SMILES string of the molecule is CN1CCCCC1CN1CC=CC=C1CN. The van der Waals surface area contributed by atoms with Gasteiger partial charge in [-0.25, -0.2) is 0 Å². The molecule has 1 atom stereocenters. The lowest BCUT2D eigenvalue weighted by Gasteiger charge is -2.38. The summed E-state index contributed by atoms with van der Waals surface area (Å²) >= 11 is 0. The van der Waals surface area contributed by atoms with Crippen molar-refractivity contribution >= 4 is 0 Å². The van der Waals surface area contributed by atoms with Crippen molar-refractivity contribution in [2.24, 2.45) is 5.73 Å². The first-order chi connectivity index (χ1) is 7.81. The van der Waals surface area contributed by atoms with Crippen LogP contribution in [0.3, 0.4) is 0 Å². The molecule has 3 nitrogen and oxygen atoms in total. The highest BCUT2D eigenvalue weighted by molar-refractivity contribution is 5.18. The average Bonchev–Trinajstić information content (AvgIpc) is 2.33. The predicted molar refractivity (Wildman–Crippen MR) is 68.1 cm³/mol. The van der Waals surface area contributed by atoms with Gasteiger partial charge < -0.3 is 15.5 Å². The zero-order valence-electron chi connectivity index (χ0n) is 10.2. The van der Waals surface area contributed by atoms with Gasteiger partial charge in [0, 0.05) is 31.4 Å². The molecule has 1 saturated heterocycles. The number of nitrogens with zero attached hydrogens (tertiary/aromatic N) is 2. The van der Waals surface area contributed by atoms with Crippen LogP contribution in [0.5, 0.6) is 0 Å². The molecule has 90 valence electrons. The average molecular weight is 221 g/mol. The highest BCUT2D eigenvalue weighted by Gasteiger charge is 2.22.